The van der Waals surface area contributed by atoms with Crippen LogP contribution in [0.25, 0.3) is 0 Å². The number of carbonyl (C=O) groups excluding carboxylic acids is 4. The van der Waals surface area contributed by atoms with Crippen LogP contribution in [0.15, 0.2) is 25.3 Å². The maximum atomic E-state index is 14.0. The number of aliphatic hydroxyl groups is 1. The number of nitrogens with one attached hydrogen (secondary N) is 3. The van der Waals surface area contributed by atoms with E-state index in [0.29, 0.717) is 19.3 Å². The standard InChI is InChI=1S/C30H48N4O8S/c1-8-10-11-18(3)14-19(4)24(31-28(39)42-29(5,6)7)26(37)34-17-21(35)15-23(34)25(36)32-30(16-20(30)9-2)27(38)33-43(40,41)22-12-13-22/h8-9,18-24,35H,1-2,10-17H2,3-7H3,(H,31,39)(H,32,36)(H,33,38)/t18?,19-,20-,21-,23+,24?,30-/m1/s1. The number of carbonyl (C=O) groups is 4. The third kappa shape index (κ3) is 8.81. The van der Waals surface area contributed by atoms with Crippen molar-refractivity contribution in [3.63, 3.8) is 0 Å². The smallest absolute Gasteiger partial charge is 0.408 e. The SMILES string of the molecule is C=CCCC(C)C[C@@H](C)C(NC(=O)OC(C)(C)C)C(=O)N1C[C@H](O)C[C@H]1C(=O)N[C@]1(C(=O)NS(=O)(=O)C2CC2)C[C@H]1C=C. The highest BCUT2D eigenvalue weighted by Crippen LogP contribution is 2.45. The summed E-state index contributed by atoms with van der Waals surface area (Å²) in [6.45, 7) is 16.3. The highest BCUT2D eigenvalue weighted by molar-refractivity contribution is 7.91. The van der Waals surface area contributed by atoms with Crippen molar-refractivity contribution in [3.8, 4) is 0 Å². The second-order valence-electron chi connectivity index (χ2n) is 13.4. The molecule has 4 N–H and O–H groups in total. The summed E-state index contributed by atoms with van der Waals surface area (Å²) < 4.78 is 32.4. The number of allylic oxidation sites excluding steroid dienone is 1. The molecule has 0 aromatic carbocycles. The van der Waals surface area contributed by atoms with Gasteiger partial charge < -0.3 is 25.4 Å². The van der Waals surface area contributed by atoms with Gasteiger partial charge in [-0.1, -0.05) is 26.0 Å². The zero-order valence-electron chi connectivity index (χ0n) is 25.9. The molecule has 0 spiro atoms. The van der Waals surface area contributed by atoms with Crippen LogP contribution in [0.5, 0.6) is 0 Å². The van der Waals surface area contributed by atoms with Crippen LogP contribution in [-0.2, 0) is 29.1 Å². The van der Waals surface area contributed by atoms with Crippen molar-refractivity contribution in [3.05, 3.63) is 25.3 Å². The maximum Gasteiger partial charge on any atom is 0.408 e. The average molecular weight is 625 g/mol. The number of ether oxygens (including phenoxy) is 1. The molecule has 0 aromatic heterocycles. The van der Waals surface area contributed by atoms with E-state index in [-0.39, 0.29) is 31.2 Å². The second kappa shape index (κ2) is 13.4. The normalized spacial score (nSPS) is 27.3. The van der Waals surface area contributed by atoms with E-state index in [1.165, 1.54) is 11.0 Å². The topological polar surface area (TPSA) is 171 Å². The summed E-state index contributed by atoms with van der Waals surface area (Å²) in [5, 5.41) is 15.3. The van der Waals surface area contributed by atoms with E-state index in [2.05, 4.69) is 28.5 Å². The Morgan fingerprint density at radius 1 is 1.16 bits per heavy atom. The minimum absolute atomic E-state index is 0.0856. The Balaban J connectivity index is 1.81. The van der Waals surface area contributed by atoms with Gasteiger partial charge in [0.2, 0.25) is 21.8 Å². The van der Waals surface area contributed by atoms with Crippen LogP contribution < -0.4 is 15.4 Å². The molecule has 1 aliphatic heterocycles. The van der Waals surface area contributed by atoms with Crippen molar-refractivity contribution in [2.75, 3.05) is 6.54 Å². The maximum absolute atomic E-state index is 14.0. The number of sulfonamides is 1. The van der Waals surface area contributed by atoms with Gasteiger partial charge in [0.1, 0.15) is 23.2 Å². The van der Waals surface area contributed by atoms with Crippen molar-refractivity contribution >= 4 is 33.8 Å². The van der Waals surface area contributed by atoms with Crippen molar-refractivity contribution in [1.29, 1.82) is 0 Å². The van der Waals surface area contributed by atoms with Crippen molar-refractivity contribution in [2.24, 2.45) is 17.8 Å². The quantitative estimate of drug-likeness (QED) is 0.213. The molecule has 43 heavy (non-hydrogen) atoms. The largest absolute Gasteiger partial charge is 0.444 e. The van der Waals surface area contributed by atoms with E-state index < -0.39 is 74.3 Å². The molecule has 1 heterocycles. The Morgan fingerprint density at radius 2 is 1.81 bits per heavy atom. The number of likely N-dealkylation sites (tertiary alicyclic amines) is 1. The molecule has 3 rings (SSSR count). The monoisotopic (exact) mass is 624 g/mol. The van der Waals surface area contributed by atoms with Crippen molar-refractivity contribution < 1.29 is 37.4 Å². The number of hydrogen-bond acceptors (Lipinski definition) is 8. The molecule has 2 unspecified atom stereocenters. The third-order valence-corrected chi connectivity index (χ3v) is 10.1. The molecule has 0 radical (unpaired) electrons. The molecular weight excluding hydrogens is 576 g/mol. The number of hydrogen-bond donors (Lipinski definition) is 4. The molecule has 2 aliphatic carbocycles. The Hall–Kier alpha value is -2.93. The fraction of sp³-hybridized carbons (Fsp3) is 0.733. The number of nitrogens with zero attached hydrogens (tertiary/aromatic N) is 1. The number of alkyl carbamates (subject to hydrolysis) is 1. The van der Waals surface area contributed by atoms with Gasteiger partial charge in [0, 0.05) is 18.9 Å². The lowest BCUT2D eigenvalue weighted by molar-refractivity contribution is -0.142. The van der Waals surface area contributed by atoms with Gasteiger partial charge in [-0.15, -0.1) is 13.2 Å². The van der Waals surface area contributed by atoms with Crippen LogP contribution in [0.3, 0.4) is 0 Å². The highest BCUT2D eigenvalue weighted by Gasteiger charge is 2.62. The lowest BCUT2D eigenvalue weighted by Gasteiger charge is -2.33. The number of amides is 4. The van der Waals surface area contributed by atoms with Crippen molar-refractivity contribution in [2.45, 2.75) is 114 Å². The van der Waals surface area contributed by atoms with Crippen LogP contribution in [-0.4, -0.2) is 83.4 Å². The van der Waals surface area contributed by atoms with E-state index in [9.17, 15) is 32.7 Å². The Bertz CT molecular complexity index is 1210. The van der Waals surface area contributed by atoms with Crippen LogP contribution >= 0.6 is 0 Å². The fourth-order valence-electron chi connectivity index (χ4n) is 5.68. The number of β-amino-alcohol motifs (C(OH)–C–C–N with tert-alkyl or cyclic N) is 1. The van der Waals surface area contributed by atoms with E-state index in [0.717, 1.165) is 12.8 Å². The molecular formula is C30H48N4O8S. The molecule has 7 atom stereocenters. The van der Waals surface area contributed by atoms with Gasteiger partial charge in [-0.2, -0.15) is 0 Å². The molecule has 242 valence electrons. The molecule has 0 aromatic rings. The van der Waals surface area contributed by atoms with E-state index in [1.807, 2.05) is 19.9 Å². The second-order valence-corrected chi connectivity index (χ2v) is 15.3. The summed E-state index contributed by atoms with van der Waals surface area (Å²) in [6.07, 6.45) is 4.74. The summed E-state index contributed by atoms with van der Waals surface area (Å²) in [7, 11) is -3.86. The van der Waals surface area contributed by atoms with Gasteiger partial charge in [-0.25, -0.2) is 13.2 Å². The fourth-order valence-corrected chi connectivity index (χ4v) is 7.04. The van der Waals surface area contributed by atoms with E-state index >= 15 is 0 Å². The minimum atomic E-state index is -3.86. The van der Waals surface area contributed by atoms with E-state index in [1.54, 1.807) is 20.8 Å². The molecule has 3 aliphatic rings. The summed E-state index contributed by atoms with van der Waals surface area (Å²) in [4.78, 5) is 54.8. The van der Waals surface area contributed by atoms with Gasteiger partial charge in [-0.05, 0) is 71.1 Å². The van der Waals surface area contributed by atoms with Gasteiger partial charge in [0.05, 0.1) is 11.4 Å². The summed E-state index contributed by atoms with van der Waals surface area (Å²) in [5.74, 6) is -2.74. The Kier molecular flexibility index (Phi) is 10.7. The van der Waals surface area contributed by atoms with Crippen LogP contribution in [0.2, 0.25) is 0 Å². The molecule has 2 saturated carbocycles. The third-order valence-electron chi connectivity index (χ3n) is 8.26. The van der Waals surface area contributed by atoms with Gasteiger partial charge in [0.25, 0.3) is 5.91 Å². The summed E-state index contributed by atoms with van der Waals surface area (Å²) >= 11 is 0. The lowest BCUT2D eigenvalue weighted by atomic mass is 9.88. The first-order chi connectivity index (χ1) is 19.9. The number of rotatable bonds is 14. The van der Waals surface area contributed by atoms with Crippen LogP contribution in [0.1, 0.15) is 79.6 Å². The first kappa shape index (κ1) is 34.6. The first-order valence-corrected chi connectivity index (χ1v) is 16.6. The lowest BCUT2D eigenvalue weighted by Crippen LogP contribution is -2.59. The van der Waals surface area contributed by atoms with Gasteiger partial charge >= 0.3 is 6.09 Å². The first-order valence-electron chi connectivity index (χ1n) is 15.0. The Morgan fingerprint density at radius 3 is 2.35 bits per heavy atom. The molecule has 13 heteroatoms. The minimum Gasteiger partial charge on any atom is -0.444 e. The Labute approximate surface area is 255 Å². The van der Waals surface area contributed by atoms with E-state index in [4.69, 9.17) is 4.74 Å². The van der Waals surface area contributed by atoms with Crippen LogP contribution in [0.4, 0.5) is 4.79 Å². The summed E-state index contributed by atoms with van der Waals surface area (Å²) in [6, 6.07) is -2.20. The zero-order valence-corrected chi connectivity index (χ0v) is 26.7. The highest BCUT2D eigenvalue weighted by atomic mass is 32.2. The predicted molar refractivity (Wildman–Crippen MR) is 161 cm³/mol. The molecule has 3 fully saturated rings. The van der Waals surface area contributed by atoms with Crippen molar-refractivity contribution in [1.82, 2.24) is 20.3 Å². The zero-order chi connectivity index (χ0) is 32.3. The summed E-state index contributed by atoms with van der Waals surface area (Å²) in [5.41, 5.74) is -2.33. The van der Waals surface area contributed by atoms with Gasteiger partial charge in [0.15, 0.2) is 0 Å². The molecule has 4 amide bonds. The number of aliphatic hydroxyl groups excluding tert-OH is 1. The molecule has 0 bridgehead atoms. The molecule has 1 saturated heterocycles. The molecule has 12 nitrogen and oxygen atoms in total. The van der Waals surface area contributed by atoms with Gasteiger partial charge in [-0.3, -0.25) is 19.1 Å². The predicted octanol–water partition coefficient (Wildman–Crippen LogP) is 2.14. The average Bonchev–Trinajstić information content (AvgIpc) is 3.81. The van der Waals surface area contributed by atoms with Crippen LogP contribution in [0, 0.1) is 17.8 Å².